The number of cyclic esters (lactones) is 1. The summed E-state index contributed by atoms with van der Waals surface area (Å²) in [6.07, 6.45) is -13.1. The summed E-state index contributed by atoms with van der Waals surface area (Å²) < 4.78 is 49.9. The molecular formula is C35H40O19. The predicted octanol–water partition coefficient (Wildman–Crippen LogP) is -1.43. The Balaban J connectivity index is 1.44. The van der Waals surface area contributed by atoms with Gasteiger partial charge >= 0.3 is 17.9 Å². The summed E-state index contributed by atoms with van der Waals surface area (Å²) in [5.41, 5.74) is 0.407. The number of hydrogen-bond acceptors (Lipinski definition) is 19. The fraction of sp³-hybridized carbons (Fsp3) is 0.514. The fourth-order valence-corrected chi connectivity index (χ4v) is 7.14. The van der Waals surface area contributed by atoms with Gasteiger partial charge in [0.25, 0.3) is 0 Å². The highest BCUT2D eigenvalue weighted by Crippen LogP contribution is 2.54. The highest BCUT2D eigenvalue weighted by molar-refractivity contribution is 6.03. The summed E-state index contributed by atoms with van der Waals surface area (Å²) in [5, 5.41) is 75.4. The third-order valence-electron chi connectivity index (χ3n) is 9.81. The van der Waals surface area contributed by atoms with Gasteiger partial charge < -0.3 is 78.4 Å². The number of aliphatic hydroxyl groups excluding tert-OH is 5. The number of aliphatic hydroxyl groups is 5. The molecule has 3 fully saturated rings. The van der Waals surface area contributed by atoms with Crippen LogP contribution in [0.4, 0.5) is 0 Å². The highest BCUT2D eigenvalue weighted by Gasteiger charge is 2.62. The zero-order valence-corrected chi connectivity index (χ0v) is 29.3. The van der Waals surface area contributed by atoms with Gasteiger partial charge in [0.05, 0.1) is 26.9 Å². The molecule has 0 radical (unpaired) electrons. The monoisotopic (exact) mass is 764 g/mol. The molecule has 1 aliphatic carbocycles. The van der Waals surface area contributed by atoms with Crippen LogP contribution in [0, 0.1) is 5.92 Å². The molecule has 7 N–H and O–H groups in total. The van der Waals surface area contributed by atoms with Crippen molar-refractivity contribution in [2.24, 2.45) is 5.92 Å². The lowest BCUT2D eigenvalue weighted by Crippen LogP contribution is -2.63. The fourth-order valence-electron chi connectivity index (χ4n) is 7.14. The summed E-state index contributed by atoms with van der Waals surface area (Å²) >= 11 is 0. The first-order valence-electron chi connectivity index (χ1n) is 16.6. The number of phenols is 2. The minimum absolute atomic E-state index is 0.0111. The molecule has 2 aromatic rings. The van der Waals surface area contributed by atoms with Crippen molar-refractivity contribution < 1.29 is 92.8 Å². The van der Waals surface area contributed by atoms with Crippen LogP contribution in [-0.2, 0) is 42.8 Å². The second kappa shape index (κ2) is 15.2. The quantitative estimate of drug-likeness (QED) is 0.114. The van der Waals surface area contributed by atoms with Crippen molar-refractivity contribution in [3.8, 4) is 28.7 Å². The van der Waals surface area contributed by atoms with Crippen molar-refractivity contribution in [2.75, 3.05) is 41.2 Å². The lowest BCUT2D eigenvalue weighted by Gasteiger charge is -2.43. The molecule has 294 valence electrons. The van der Waals surface area contributed by atoms with E-state index in [1.807, 2.05) is 0 Å². The molecule has 3 heterocycles. The van der Waals surface area contributed by atoms with Gasteiger partial charge in [-0.15, -0.1) is 0 Å². The molecule has 6 rings (SSSR count). The minimum atomic E-state index is -2.54. The number of methoxy groups -OCH3 is 3. The third kappa shape index (κ3) is 6.66. The number of rotatable bonds is 9. The third-order valence-corrected chi connectivity index (χ3v) is 9.81. The Bertz CT molecular complexity index is 1810. The maximum atomic E-state index is 14.4. The van der Waals surface area contributed by atoms with E-state index in [2.05, 4.69) is 0 Å². The number of hydrogen-bond donors (Lipinski definition) is 7. The van der Waals surface area contributed by atoms with Crippen LogP contribution < -0.4 is 14.2 Å². The number of carbonyl (C=O) groups excluding carboxylic acids is 3. The van der Waals surface area contributed by atoms with E-state index in [1.54, 1.807) is 0 Å². The molecular weight excluding hydrogens is 724 g/mol. The molecule has 19 heteroatoms. The molecule has 3 saturated heterocycles. The molecule has 4 aliphatic rings. The van der Waals surface area contributed by atoms with Gasteiger partial charge in [-0.3, -0.25) is 9.59 Å². The van der Waals surface area contributed by atoms with Crippen LogP contribution in [-0.4, -0.2) is 150 Å². The summed E-state index contributed by atoms with van der Waals surface area (Å²) in [6, 6.07) is 5.57. The SMILES string of the molecule is COc1cc([C@@H]2c3c(cc(OC)c(O)c3OC)C=C3C(=O)O[C@H]4[C@H](O)[C@@H](COC(=O)[C@H]32)O[C@@]4(CO)O[C@H]2O[C@H](COC(C)=O)[C@@H](O)[C@H](O)[C@H]2O)ccc1O. The Kier molecular flexibility index (Phi) is 11.0. The van der Waals surface area contributed by atoms with Crippen LogP contribution in [0.3, 0.4) is 0 Å². The first-order valence-corrected chi connectivity index (χ1v) is 16.6. The van der Waals surface area contributed by atoms with E-state index in [0.29, 0.717) is 5.56 Å². The Morgan fingerprint density at radius 1 is 0.926 bits per heavy atom. The number of esters is 3. The van der Waals surface area contributed by atoms with Crippen molar-refractivity contribution in [3.63, 3.8) is 0 Å². The molecule has 0 spiro atoms. The zero-order chi connectivity index (χ0) is 39.2. The van der Waals surface area contributed by atoms with E-state index < -0.39 is 110 Å². The smallest absolute Gasteiger partial charge is 0.335 e. The van der Waals surface area contributed by atoms with E-state index in [1.165, 1.54) is 51.7 Å². The molecule has 11 atom stereocenters. The second-order valence-corrected chi connectivity index (χ2v) is 13.0. The Morgan fingerprint density at radius 2 is 1.65 bits per heavy atom. The normalized spacial score (nSPS) is 33.3. The van der Waals surface area contributed by atoms with Crippen LogP contribution >= 0.6 is 0 Å². The maximum absolute atomic E-state index is 14.4. The highest BCUT2D eigenvalue weighted by atomic mass is 16.8. The average Bonchev–Trinajstić information content (AvgIpc) is 3.41. The van der Waals surface area contributed by atoms with E-state index in [-0.39, 0.29) is 39.7 Å². The predicted molar refractivity (Wildman–Crippen MR) is 175 cm³/mol. The first kappa shape index (κ1) is 39.0. The van der Waals surface area contributed by atoms with Gasteiger partial charge in [-0.05, 0) is 35.4 Å². The Labute approximate surface area is 306 Å². The van der Waals surface area contributed by atoms with Crippen molar-refractivity contribution >= 4 is 24.0 Å². The molecule has 0 aromatic heterocycles. The average molecular weight is 765 g/mol. The van der Waals surface area contributed by atoms with Gasteiger partial charge in [0.15, 0.2) is 35.4 Å². The standard InChI is InChI=1S/C35H40O19/c1-13(37)49-10-20-25(39)28(42)29(43)34(51-20)54-35(12-36)31-27(41)21(53-35)11-50-33(45)24-16(32(44)52-31)7-15-9-19(47-3)26(40)30(48-4)23(15)22(24)14-5-6-17(38)18(8-14)46-2/h5-9,20-22,24-25,27-29,31,34,36,38-43H,10-12H2,1-4H3/t20-,21-,22-,24-,25-,27-,28+,29-,31+,34-,35+/m1/s1. The van der Waals surface area contributed by atoms with E-state index in [9.17, 15) is 50.1 Å². The molecule has 54 heavy (non-hydrogen) atoms. The van der Waals surface area contributed by atoms with Gasteiger partial charge in [-0.1, -0.05) is 6.07 Å². The first-order chi connectivity index (χ1) is 25.7. The summed E-state index contributed by atoms with van der Waals surface area (Å²) in [4.78, 5) is 40.0. The van der Waals surface area contributed by atoms with Gasteiger partial charge in [0.1, 0.15) is 62.4 Å². The molecule has 0 amide bonds. The van der Waals surface area contributed by atoms with Gasteiger partial charge in [0, 0.05) is 18.4 Å². The lowest BCUT2D eigenvalue weighted by atomic mass is 9.70. The summed E-state index contributed by atoms with van der Waals surface area (Å²) in [6.45, 7) is -1.35. The summed E-state index contributed by atoms with van der Waals surface area (Å²) in [5.74, 6) is -9.06. The van der Waals surface area contributed by atoms with Crippen molar-refractivity contribution in [1.29, 1.82) is 0 Å². The minimum Gasteiger partial charge on any atom is -0.504 e. The Hall–Kier alpha value is -4.73. The molecule has 2 bridgehead atoms. The lowest BCUT2D eigenvalue weighted by molar-refractivity contribution is -0.383. The van der Waals surface area contributed by atoms with E-state index in [0.717, 1.165) is 6.92 Å². The number of aromatic hydroxyl groups is 2. The van der Waals surface area contributed by atoms with Crippen LogP contribution in [0.1, 0.15) is 29.5 Å². The number of phenolic OH excluding ortho intramolecular Hbond substituents is 2. The molecule has 3 aliphatic heterocycles. The van der Waals surface area contributed by atoms with E-state index >= 15 is 0 Å². The number of ether oxygens (including phenoxy) is 9. The largest absolute Gasteiger partial charge is 0.504 e. The maximum Gasteiger partial charge on any atom is 0.335 e. The molecule has 0 unspecified atom stereocenters. The van der Waals surface area contributed by atoms with Crippen LogP contribution in [0.5, 0.6) is 28.7 Å². The van der Waals surface area contributed by atoms with Gasteiger partial charge in [-0.25, -0.2) is 4.79 Å². The summed E-state index contributed by atoms with van der Waals surface area (Å²) in [7, 11) is 3.87. The number of carbonyl (C=O) groups is 3. The van der Waals surface area contributed by atoms with Crippen molar-refractivity contribution in [2.45, 2.75) is 67.6 Å². The van der Waals surface area contributed by atoms with Crippen molar-refractivity contribution in [3.05, 3.63) is 46.5 Å². The van der Waals surface area contributed by atoms with E-state index in [4.69, 9.17) is 42.6 Å². The Morgan fingerprint density at radius 3 is 2.30 bits per heavy atom. The van der Waals surface area contributed by atoms with Crippen LogP contribution in [0.2, 0.25) is 0 Å². The molecule has 2 aromatic carbocycles. The van der Waals surface area contributed by atoms with Crippen LogP contribution in [0.15, 0.2) is 29.8 Å². The van der Waals surface area contributed by atoms with Crippen LogP contribution in [0.25, 0.3) is 6.08 Å². The zero-order valence-electron chi connectivity index (χ0n) is 29.3. The van der Waals surface area contributed by atoms with Gasteiger partial charge in [-0.2, -0.15) is 0 Å². The van der Waals surface area contributed by atoms with Gasteiger partial charge in [0.2, 0.25) is 11.5 Å². The topological polar surface area (TPSA) is 276 Å². The molecule has 0 saturated carbocycles. The van der Waals surface area contributed by atoms with Crippen molar-refractivity contribution in [1.82, 2.24) is 0 Å². The molecule has 19 nitrogen and oxygen atoms in total. The number of benzene rings is 2. The number of fused-ring (bicyclic) bond motifs is 4. The second-order valence-electron chi connectivity index (χ2n) is 13.0.